The monoisotopic (exact) mass is 291 g/mol. The molecule has 0 amide bonds. The summed E-state index contributed by atoms with van der Waals surface area (Å²) in [4.78, 5) is 4.01. The Morgan fingerprint density at radius 2 is 2.25 bits per heavy atom. The molecule has 0 saturated heterocycles. The summed E-state index contributed by atoms with van der Waals surface area (Å²) in [5.74, 6) is 1.15. The number of nitrogen functional groups attached to an aromatic ring is 1. The molecule has 0 aliphatic carbocycles. The first-order valence-electron chi connectivity index (χ1n) is 5.64. The number of nitrogens with one attached hydrogen (secondary N) is 1. The lowest BCUT2D eigenvalue weighted by Gasteiger charge is -2.11. The molecular formula is C11H10ClN7O. The molecule has 0 aliphatic rings. The van der Waals surface area contributed by atoms with E-state index in [1.165, 1.54) is 23.2 Å². The Hall–Kier alpha value is -2.61. The summed E-state index contributed by atoms with van der Waals surface area (Å²) < 4.78 is 7.17. The van der Waals surface area contributed by atoms with Gasteiger partial charge in [0.2, 0.25) is 0 Å². The van der Waals surface area contributed by atoms with Crippen LogP contribution in [0.4, 0.5) is 11.5 Å². The van der Waals surface area contributed by atoms with Gasteiger partial charge in [-0.3, -0.25) is 0 Å². The van der Waals surface area contributed by atoms with Crippen molar-refractivity contribution < 1.29 is 4.74 Å². The van der Waals surface area contributed by atoms with Crippen molar-refractivity contribution in [1.29, 1.82) is 0 Å². The van der Waals surface area contributed by atoms with Crippen molar-refractivity contribution in [2.45, 2.75) is 0 Å². The Labute approximate surface area is 118 Å². The number of nitrogens with two attached hydrogens (primary N) is 1. The molecule has 3 N–H and O–H groups in total. The van der Waals surface area contributed by atoms with Crippen LogP contribution in [0.5, 0.6) is 11.5 Å². The van der Waals surface area contributed by atoms with E-state index in [1.54, 1.807) is 13.1 Å². The van der Waals surface area contributed by atoms with Crippen LogP contribution in [0.3, 0.4) is 0 Å². The number of fused-ring (bicyclic) bond motifs is 1. The Morgan fingerprint density at radius 3 is 3.05 bits per heavy atom. The van der Waals surface area contributed by atoms with E-state index in [-0.39, 0.29) is 0 Å². The van der Waals surface area contributed by atoms with E-state index < -0.39 is 0 Å². The SMILES string of the molecule is CNc1c(N)ncc(Oc2cnn3cnnc3c2)c1Cl. The minimum absolute atomic E-state index is 0.302. The number of aromatic nitrogens is 5. The largest absolute Gasteiger partial charge is 0.452 e. The Balaban J connectivity index is 1.98. The van der Waals surface area contributed by atoms with Gasteiger partial charge in [-0.2, -0.15) is 5.10 Å². The molecular weight excluding hydrogens is 282 g/mol. The van der Waals surface area contributed by atoms with E-state index in [1.807, 2.05) is 0 Å². The summed E-state index contributed by atoms with van der Waals surface area (Å²) in [6, 6.07) is 1.69. The summed E-state index contributed by atoms with van der Waals surface area (Å²) in [5, 5.41) is 14.9. The highest BCUT2D eigenvalue weighted by molar-refractivity contribution is 6.35. The zero-order valence-corrected chi connectivity index (χ0v) is 11.2. The molecule has 3 rings (SSSR count). The topological polar surface area (TPSA) is 103 Å². The second kappa shape index (κ2) is 4.82. The van der Waals surface area contributed by atoms with Gasteiger partial charge >= 0.3 is 0 Å². The van der Waals surface area contributed by atoms with Crippen LogP contribution in [0.15, 0.2) is 24.8 Å². The molecule has 3 aromatic heterocycles. The highest BCUT2D eigenvalue weighted by Gasteiger charge is 2.12. The first-order valence-corrected chi connectivity index (χ1v) is 6.02. The van der Waals surface area contributed by atoms with Crippen LogP contribution in [-0.4, -0.2) is 31.8 Å². The van der Waals surface area contributed by atoms with Gasteiger partial charge in [0, 0.05) is 13.1 Å². The number of nitrogens with zero attached hydrogens (tertiary/aromatic N) is 5. The molecule has 0 unspecified atom stereocenters. The Morgan fingerprint density at radius 1 is 1.40 bits per heavy atom. The number of pyridine rings is 1. The molecule has 9 heteroatoms. The van der Waals surface area contributed by atoms with Gasteiger partial charge in [0.25, 0.3) is 0 Å². The van der Waals surface area contributed by atoms with Crippen molar-refractivity contribution in [2.75, 3.05) is 18.1 Å². The van der Waals surface area contributed by atoms with Crippen molar-refractivity contribution in [1.82, 2.24) is 24.8 Å². The third-order valence-electron chi connectivity index (χ3n) is 2.63. The van der Waals surface area contributed by atoms with Gasteiger partial charge in [-0.25, -0.2) is 9.50 Å². The Bertz CT molecular complexity index is 773. The number of ether oxygens (including phenoxy) is 1. The summed E-state index contributed by atoms with van der Waals surface area (Å²) in [6.07, 6.45) is 4.48. The maximum Gasteiger partial charge on any atom is 0.181 e. The maximum absolute atomic E-state index is 6.20. The van der Waals surface area contributed by atoms with E-state index >= 15 is 0 Å². The molecule has 0 atom stereocenters. The second-order valence-corrected chi connectivity index (χ2v) is 4.25. The minimum atomic E-state index is 0.302. The fraction of sp³-hybridized carbons (Fsp3) is 0.0909. The molecule has 8 nitrogen and oxygen atoms in total. The zero-order chi connectivity index (χ0) is 14.1. The van der Waals surface area contributed by atoms with Gasteiger partial charge in [-0.05, 0) is 0 Å². The summed E-state index contributed by atoms with van der Waals surface area (Å²) >= 11 is 6.20. The van der Waals surface area contributed by atoms with Crippen molar-refractivity contribution in [3.8, 4) is 11.5 Å². The van der Waals surface area contributed by atoms with Crippen molar-refractivity contribution >= 4 is 28.8 Å². The molecule has 0 spiro atoms. The smallest absolute Gasteiger partial charge is 0.181 e. The fourth-order valence-corrected chi connectivity index (χ4v) is 1.96. The lowest BCUT2D eigenvalue weighted by molar-refractivity contribution is 0.477. The molecule has 0 aromatic carbocycles. The second-order valence-electron chi connectivity index (χ2n) is 3.87. The molecule has 0 bridgehead atoms. The van der Waals surface area contributed by atoms with Crippen molar-refractivity contribution in [2.24, 2.45) is 0 Å². The predicted molar refractivity (Wildman–Crippen MR) is 74.1 cm³/mol. The van der Waals surface area contributed by atoms with E-state index in [0.29, 0.717) is 33.7 Å². The average Bonchev–Trinajstić information content (AvgIpc) is 2.90. The summed E-state index contributed by atoms with van der Waals surface area (Å²) in [5.41, 5.74) is 6.79. The van der Waals surface area contributed by atoms with Crippen LogP contribution in [-0.2, 0) is 0 Å². The van der Waals surface area contributed by atoms with Crippen molar-refractivity contribution in [3.05, 3.63) is 29.8 Å². The lowest BCUT2D eigenvalue weighted by atomic mass is 10.3. The van der Waals surface area contributed by atoms with E-state index in [4.69, 9.17) is 22.1 Å². The van der Waals surface area contributed by atoms with Crippen LogP contribution in [0.1, 0.15) is 0 Å². The minimum Gasteiger partial charge on any atom is -0.452 e. The van der Waals surface area contributed by atoms with Gasteiger partial charge in [-0.15, -0.1) is 10.2 Å². The number of hydrogen-bond acceptors (Lipinski definition) is 7. The number of halogens is 1. The van der Waals surface area contributed by atoms with Gasteiger partial charge in [0.05, 0.1) is 18.1 Å². The van der Waals surface area contributed by atoms with Gasteiger partial charge in [-0.1, -0.05) is 11.6 Å². The first kappa shape index (κ1) is 12.4. The summed E-state index contributed by atoms with van der Waals surface area (Å²) in [7, 11) is 1.70. The highest BCUT2D eigenvalue weighted by Crippen LogP contribution is 2.36. The molecule has 0 saturated carbocycles. The maximum atomic E-state index is 6.20. The molecule has 102 valence electrons. The van der Waals surface area contributed by atoms with E-state index in [0.717, 1.165) is 0 Å². The third kappa shape index (κ3) is 2.05. The average molecular weight is 292 g/mol. The standard InChI is InChI=1S/C11H10ClN7O/c1-14-10-9(12)7(4-15-11(10)13)20-6-2-8-18-16-5-19(8)17-3-6/h2-5,14H,1H3,(H2,13,15). The fourth-order valence-electron chi connectivity index (χ4n) is 1.68. The van der Waals surface area contributed by atoms with E-state index in [2.05, 4.69) is 25.6 Å². The molecule has 0 fully saturated rings. The first-order chi connectivity index (χ1) is 9.69. The molecule has 0 aliphatic heterocycles. The van der Waals surface area contributed by atoms with Gasteiger partial charge in [0.15, 0.2) is 17.1 Å². The van der Waals surface area contributed by atoms with Crippen LogP contribution < -0.4 is 15.8 Å². The van der Waals surface area contributed by atoms with Crippen LogP contribution >= 0.6 is 11.6 Å². The van der Waals surface area contributed by atoms with Crippen molar-refractivity contribution in [3.63, 3.8) is 0 Å². The quantitative estimate of drug-likeness (QED) is 0.755. The third-order valence-corrected chi connectivity index (χ3v) is 3.00. The Kier molecular flexibility index (Phi) is 2.99. The summed E-state index contributed by atoms with van der Waals surface area (Å²) in [6.45, 7) is 0. The van der Waals surface area contributed by atoms with Crippen LogP contribution in [0.25, 0.3) is 5.65 Å². The zero-order valence-electron chi connectivity index (χ0n) is 10.4. The molecule has 3 aromatic rings. The lowest BCUT2D eigenvalue weighted by Crippen LogP contribution is -2.01. The molecule has 0 radical (unpaired) electrons. The van der Waals surface area contributed by atoms with Crippen LogP contribution in [0.2, 0.25) is 5.02 Å². The normalized spacial score (nSPS) is 10.7. The highest BCUT2D eigenvalue weighted by atomic mass is 35.5. The van der Waals surface area contributed by atoms with E-state index in [9.17, 15) is 0 Å². The molecule has 20 heavy (non-hydrogen) atoms. The number of rotatable bonds is 3. The number of anilines is 2. The number of hydrogen-bond donors (Lipinski definition) is 2. The van der Waals surface area contributed by atoms with Crippen LogP contribution in [0, 0.1) is 0 Å². The predicted octanol–water partition coefficient (Wildman–Crippen LogP) is 1.59. The van der Waals surface area contributed by atoms with Gasteiger partial charge < -0.3 is 15.8 Å². The van der Waals surface area contributed by atoms with Gasteiger partial charge in [0.1, 0.15) is 17.2 Å². The molecule has 3 heterocycles.